The topological polar surface area (TPSA) is 66.9 Å². The monoisotopic (exact) mass is 352 g/mol. The van der Waals surface area contributed by atoms with Crippen LogP contribution in [0.2, 0.25) is 0 Å². The average Bonchev–Trinajstić information content (AvgIpc) is 2.54. The predicted molar refractivity (Wildman–Crippen MR) is 92.7 cm³/mol. The van der Waals surface area contributed by atoms with Crippen molar-refractivity contribution in [2.45, 2.75) is 38.8 Å². The quantitative estimate of drug-likeness (QED) is 0.815. The zero-order chi connectivity index (χ0) is 17.3. The van der Waals surface area contributed by atoms with E-state index < -0.39 is 10.0 Å². The van der Waals surface area contributed by atoms with E-state index in [4.69, 9.17) is 4.74 Å². The third kappa shape index (κ3) is 3.28. The Hall–Kier alpha value is -1.60. The first-order valence-corrected chi connectivity index (χ1v) is 10.0. The summed E-state index contributed by atoms with van der Waals surface area (Å²) in [5.41, 5.74) is 1.10. The van der Waals surface area contributed by atoms with Crippen LogP contribution in [0, 0.1) is 0 Å². The SMILES string of the molecule is CC1COCC(C)N1C(=O)c1cccc(N2CCCCS2(=O)=O)c1. The van der Waals surface area contributed by atoms with Crippen LogP contribution in [0.4, 0.5) is 5.69 Å². The van der Waals surface area contributed by atoms with E-state index in [0.717, 1.165) is 6.42 Å². The van der Waals surface area contributed by atoms with Crippen LogP contribution >= 0.6 is 0 Å². The van der Waals surface area contributed by atoms with E-state index in [0.29, 0.717) is 37.4 Å². The molecule has 0 radical (unpaired) electrons. The maximum Gasteiger partial charge on any atom is 0.254 e. The minimum absolute atomic E-state index is 0.00336. The van der Waals surface area contributed by atoms with Gasteiger partial charge in [0.25, 0.3) is 5.91 Å². The molecule has 2 fully saturated rings. The smallest absolute Gasteiger partial charge is 0.254 e. The van der Waals surface area contributed by atoms with E-state index in [-0.39, 0.29) is 23.7 Å². The van der Waals surface area contributed by atoms with Crippen LogP contribution < -0.4 is 4.31 Å². The van der Waals surface area contributed by atoms with Crippen LogP contribution in [0.1, 0.15) is 37.0 Å². The highest BCUT2D eigenvalue weighted by molar-refractivity contribution is 7.92. The summed E-state index contributed by atoms with van der Waals surface area (Å²) in [4.78, 5) is 14.7. The first-order valence-electron chi connectivity index (χ1n) is 8.41. The number of carbonyl (C=O) groups excluding carboxylic acids is 1. The number of benzene rings is 1. The van der Waals surface area contributed by atoms with Crippen molar-refractivity contribution in [3.63, 3.8) is 0 Å². The second-order valence-corrected chi connectivity index (χ2v) is 8.61. The summed E-state index contributed by atoms with van der Waals surface area (Å²) in [7, 11) is -3.28. The third-order valence-corrected chi connectivity index (χ3v) is 6.50. The van der Waals surface area contributed by atoms with Gasteiger partial charge >= 0.3 is 0 Å². The first-order chi connectivity index (χ1) is 11.4. The van der Waals surface area contributed by atoms with Gasteiger partial charge in [0, 0.05) is 12.1 Å². The second kappa shape index (κ2) is 6.72. The lowest BCUT2D eigenvalue weighted by molar-refractivity contribution is -0.0249. The highest BCUT2D eigenvalue weighted by Gasteiger charge is 2.31. The number of hydrogen-bond donors (Lipinski definition) is 0. The normalized spacial score (nSPS) is 27.1. The number of anilines is 1. The lowest BCUT2D eigenvalue weighted by Gasteiger charge is -2.39. The van der Waals surface area contributed by atoms with Crippen molar-refractivity contribution < 1.29 is 17.9 Å². The Kier molecular flexibility index (Phi) is 4.83. The molecule has 1 aromatic rings. The molecule has 2 saturated heterocycles. The summed E-state index contributed by atoms with van der Waals surface area (Å²) in [6, 6.07) is 6.96. The van der Waals surface area contributed by atoms with Gasteiger partial charge < -0.3 is 9.64 Å². The molecule has 3 rings (SSSR count). The second-order valence-electron chi connectivity index (χ2n) is 6.59. The van der Waals surface area contributed by atoms with Gasteiger partial charge in [0.05, 0.1) is 36.7 Å². The number of sulfonamides is 1. The summed E-state index contributed by atoms with van der Waals surface area (Å²) < 4.78 is 31.5. The molecule has 2 heterocycles. The standard InChI is InChI=1S/C17H24N2O4S/c1-13-11-23-12-14(2)19(13)17(20)15-6-5-7-16(10-15)18-8-3-4-9-24(18,21)22/h5-7,10,13-14H,3-4,8-9,11-12H2,1-2H3. The number of hydrogen-bond acceptors (Lipinski definition) is 4. The van der Waals surface area contributed by atoms with Crippen LogP contribution in [-0.2, 0) is 14.8 Å². The fraction of sp³-hybridized carbons (Fsp3) is 0.588. The van der Waals surface area contributed by atoms with Crippen molar-refractivity contribution >= 4 is 21.6 Å². The van der Waals surface area contributed by atoms with E-state index in [1.165, 1.54) is 4.31 Å². The van der Waals surface area contributed by atoms with Crippen LogP contribution in [0.15, 0.2) is 24.3 Å². The molecule has 24 heavy (non-hydrogen) atoms. The first kappa shape index (κ1) is 17.2. The molecule has 0 saturated carbocycles. The molecule has 132 valence electrons. The molecule has 1 aromatic carbocycles. The van der Waals surface area contributed by atoms with Crippen LogP contribution in [0.5, 0.6) is 0 Å². The Balaban J connectivity index is 1.89. The van der Waals surface area contributed by atoms with Crippen molar-refractivity contribution in [2.24, 2.45) is 0 Å². The van der Waals surface area contributed by atoms with Gasteiger partial charge in [-0.2, -0.15) is 0 Å². The summed E-state index contributed by atoms with van der Waals surface area (Å²) in [5.74, 6) is 0.0949. The van der Waals surface area contributed by atoms with E-state index >= 15 is 0 Å². The van der Waals surface area contributed by atoms with Gasteiger partial charge in [0.1, 0.15) is 0 Å². The molecule has 2 aliphatic heterocycles. The zero-order valence-corrected chi connectivity index (χ0v) is 15.0. The maximum absolute atomic E-state index is 12.9. The number of amides is 1. The number of ether oxygens (including phenoxy) is 1. The van der Waals surface area contributed by atoms with Crippen LogP contribution in [0.3, 0.4) is 0 Å². The predicted octanol–water partition coefficient (Wildman–Crippen LogP) is 1.87. The van der Waals surface area contributed by atoms with Gasteiger partial charge in [-0.15, -0.1) is 0 Å². The lowest BCUT2D eigenvalue weighted by atomic mass is 10.1. The molecule has 0 bridgehead atoms. The summed E-state index contributed by atoms with van der Waals surface area (Å²) >= 11 is 0. The van der Waals surface area contributed by atoms with E-state index in [1.54, 1.807) is 24.3 Å². The Labute approximate surface area is 143 Å². The average molecular weight is 352 g/mol. The fourth-order valence-corrected chi connectivity index (χ4v) is 5.06. The van der Waals surface area contributed by atoms with E-state index in [2.05, 4.69) is 0 Å². The molecule has 0 aromatic heterocycles. The Morgan fingerprint density at radius 2 is 1.88 bits per heavy atom. The minimum Gasteiger partial charge on any atom is -0.377 e. The van der Waals surface area contributed by atoms with Crippen molar-refractivity contribution in [1.82, 2.24) is 4.90 Å². The van der Waals surface area contributed by atoms with Gasteiger partial charge in [0.15, 0.2) is 0 Å². The molecule has 2 unspecified atom stereocenters. The Morgan fingerprint density at radius 1 is 1.17 bits per heavy atom. The number of rotatable bonds is 2. The number of morpholine rings is 1. The molecule has 2 atom stereocenters. The van der Waals surface area contributed by atoms with Crippen molar-refractivity contribution in [1.29, 1.82) is 0 Å². The molecule has 7 heteroatoms. The third-order valence-electron chi connectivity index (χ3n) is 4.63. The number of carbonyl (C=O) groups is 1. The molecule has 0 aliphatic carbocycles. The molecular formula is C17H24N2O4S. The largest absolute Gasteiger partial charge is 0.377 e. The Morgan fingerprint density at radius 3 is 2.54 bits per heavy atom. The molecule has 0 spiro atoms. The highest BCUT2D eigenvalue weighted by atomic mass is 32.2. The summed E-state index contributed by atoms with van der Waals surface area (Å²) in [6.07, 6.45) is 1.54. The van der Waals surface area contributed by atoms with Gasteiger partial charge in [0.2, 0.25) is 10.0 Å². The van der Waals surface area contributed by atoms with Gasteiger partial charge in [-0.05, 0) is 44.9 Å². The molecule has 1 amide bonds. The highest BCUT2D eigenvalue weighted by Crippen LogP contribution is 2.26. The van der Waals surface area contributed by atoms with Crippen molar-refractivity contribution in [3.05, 3.63) is 29.8 Å². The summed E-state index contributed by atoms with van der Waals surface area (Å²) in [5, 5.41) is 0. The molecule has 2 aliphatic rings. The maximum atomic E-state index is 12.9. The minimum atomic E-state index is -3.28. The van der Waals surface area contributed by atoms with E-state index in [9.17, 15) is 13.2 Å². The lowest BCUT2D eigenvalue weighted by Crippen LogP contribution is -2.52. The summed E-state index contributed by atoms with van der Waals surface area (Å²) in [6.45, 7) is 5.45. The van der Waals surface area contributed by atoms with Gasteiger partial charge in [-0.25, -0.2) is 8.42 Å². The van der Waals surface area contributed by atoms with E-state index in [1.807, 2.05) is 18.7 Å². The molecule has 6 nitrogen and oxygen atoms in total. The van der Waals surface area contributed by atoms with Gasteiger partial charge in [-0.1, -0.05) is 6.07 Å². The Bertz CT molecular complexity index is 709. The van der Waals surface area contributed by atoms with Crippen LogP contribution in [-0.4, -0.2) is 56.8 Å². The number of nitrogens with zero attached hydrogens (tertiary/aromatic N) is 2. The molecule has 0 N–H and O–H groups in total. The fourth-order valence-electron chi connectivity index (χ4n) is 3.43. The van der Waals surface area contributed by atoms with Crippen molar-refractivity contribution in [3.8, 4) is 0 Å². The van der Waals surface area contributed by atoms with Gasteiger partial charge in [-0.3, -0.25) is 9.10 Å². The molecular weight excluding hydrogens is 328 g/mol. The van der Waals surface area contributed by atoms with Crippen molar-refractivity contribution in [2.75, 3.05) is 29.8 Å². The zero-order valence-electron chi connectivity index (χ0n) is 14.1. The van der Waals surface area contributed by atoms with Crippen LogP contribution in [0.25, 0.3) is 0 Å².